The van der Waals surface area contributed by atoms with Crippen molar-refractivity contribution in [3.8, 4) is 5.75 Å². The zero-order chi connectivity index (χ0) is 9.42. The number of hydrogen-bond acceptors (Lipinski definition) is 2. The molecule has 0 saturated heterocycles. The Kier molecular flexibility index (Phi) is 2.18. The Morgan fingerprint density at radius 2 is 2.31 bits per heavy atom. The zero-order valence-electron chi connectivity index (χ0n) is 7.33. The number of rotatable bonds is 1. The first-order chi connectivity index (χ1) is 6.24. The zero-order valence-corrected chi connectivity index (χ0v) is 8.08. The minimum Gasteiger partial charge on any atom is -0.485 e. The first-order valence-electron chi connectivity index (χ1n) is 4.37. The molecule has 1 aromatic carbocycles. The van der Waals surface area contributed by atoms with Crippen molar-refractivity contribution in [3.63, 3.8) is 0 Å². The minimum absolute atomic E-state index is 0.144. The molecule has 0 fully saturated rings. The van der Waals surface area contributed by atoms with E-state index in [1.165, 1.54) is 0 Å². The largest absolute Gasteiger partial charge is 0.485 e. The molecule has 0 aromatic heterocycles. The third kappa shape index (κ3) is 1.30. The molecule has 70 valence electrons. The number of aliphatic hydroxyl groups is 1. The van der Waals surface area contributed by atoms with Gasteiger partial charge in [0.2, 0.25) is 0 Å². The van der Waals surface area contributed by atoms with Crippen molar-refractivity contribution in [2.45, 2.75) is 25.6 Å². The number of benzene rings is 1. The number of aliphatic hydroxyl groups excluding tert-OH is 1. The van der Waals surface area contributed by atoms with Crippen LogP contribution >= 0.6 is 11.6 Å². The maximum atomic E-state index is 9.78. The summed E-state index contributed by atoms with van der Waals surface area (Å²) in [5.41, 5.74) is 0.805. The van der Waals surface area contributed by atoms with Gasteiger partial charge in [0.05, 0.1) is 5.02 Å². The van der Waals surface area contributed by atoms with Gasteiger partial charge in [0.1, 0.15) is 18.0 Å². The molecule has 0 aliphatic carbocycles. The van der Waals surface area contributed by atoms with Crippen LogP contribution in [0.15, 0.2) is 18.2 Å². The van der Waals surface area contributed by atoms with Gasteiger partial charge in [-0.15, -0.1) is 0 Å². The minimum atomic E-state index is -0.529. The molecule has 2 atom stereocenters. The van der Waals surface area contributed by atoms with Gasteiger partial charge in [-0.3, -0.25) is 0 Å². The van der Waals surface area contributed by atoms with E-state index < -0.39 is 6.10 Å². The number of halogens is 1. The molecule has 2 rings (SSSR count). The van der Waals surface area contributed by atoms with E-state index in [2.05, 4.69) is 0 Å². The fraction of sp³-hybridized carbons (Fsp3) is 0.400. The molecule has 0 amide bonds. The van der Waals surface area contributed by atoms with Crippen LogP contribution in [-0.2, 0) is 0 Å². The monoisotopic (exact) mass is 198 g/mol. The summed E-state index contributed by atoms with van der Waals surface area (Å²) in [5, 5.41) is 10.4. The van der Waals surface area contributed by atoms with Crippen molar-refractivity contribution < 1.29 is 9.84 Å². The van der Waals surface area contributed by atoms with E-state index in [0.717, 1.165) is 12.0 Å². The van der Waals surface area contributed by atoms with Gasteiger partial charge >= 0.3 is 0 Å². The molecule has 0 spiro atoms. The van der Waals surface area contributed by atoms with Crippen LogP contribution in [0.25, 0.3) is 0 Å². The van der Waals surface area contributed by atoms with Crippen molar-refractivity contribution in [3.05, 3.63) is 28.8 Å². The summed E-state index contributed by atoms with van der Waals surface area (Å²) in [5.74, 6) is 0.642. The predicted octanol–water partition coefficient (Wildman–Crippen LogP) is 2.54. The second kappa shape index (κ2) is 3.20. The molecule has 1 aliphatic rings. The highest BCUT2D eigenvalue weighted by Gasteiger charge is 2.32. The van der Waals surface area contributed by atoms with Crippen molar-refractivity contribution in [1.82, 2.24) is 0 Å². The topological polar surface area (TPSA) is 29.5 Å². The van der Waals surface area contributed by atoms with E-state index in [9.17, 15) is 5.11 Å². The van der Waals surface area contributed by atoms with Gasteiger partial charge in [0.15, 0.2) is 0 Å². The maximum Gasteiger partial charge on any atom is 0.144 e. The average Bonchev–Trinajstić information content (AvgIpc) is 2.45. The number of hydrogen-bond donors (Lipinski definition) is 1. The van der Waals surface area contributed by atoms with Crippen LogP contribution in [0.1, 0.15) is 25.0 Å². The number of ether oxygens (including phenoxy) is 1. The maximum absolute atomic E-state index is 9.78. The molecule has 3 heteroatoms. The highest BCUT2D eigenvalue weighted by atomic mass is 35.5. The summed E-state index contributed by atoms with van der Waals surface area (Å²) in [7, 11) is 0. The Morgan fingerprint density at radius 3 is 2.92 bits per heavy atom. The molecule has 13 heavy (non-hydrogen) atoms. The molecule has 1 N–H and O–H groups in total. The SMILES string of the molecule is CCC1Oc2c(Cl)cccc2C1O. The van der Waals surface area contributed by atoms with E-state index in [-0.39, 0.29) is 6.10 Å². The molecule has 2 nitrogen and oxygen atoms in total. The smallest absolute Gasteiger partial charge is 0.144 e. The summed E-state index contributed by atoms with van der Waals surface area (Å²) in [6, 6.07) is 5.44. The Hall–Kier alpha value is -0.730. The van der Waals surface area contributed by atoms with Crippen LogP contribution in [0.5, 0.6) is 5.75 Å². The fourth-order valence-corrected chi connectivity index (χ4v) is 1.83. The first kappa shape index (κ1) is 8.85. The Labute approximate surface area is 82.1 Å². The molecule has 2 unspecified atom stereocenters. The lowest BCUT2D eigenvalue weighted by Crippen LogP contribution is -2.16. The lowest BCUT2D eigenvalue weighted by molar-refractivity contribution is 0.0654. The number of para-hydroxylation sites is 1. The quantitative estimate of drug-likeness (QED) is 0.752. The summed E-state index contributed by atoms with van der Waals surface area (Å²) in [4.78, 5) is 0. The molecule has 0 bridgehead atoms. The average molecular weight is 199 g/mol. The van der Waals surface area contributed by atoms with Crippen molar-refractivity contribution in [2.75, 3.05) is 0 Å². The van der Waals surface area contributed by atoms with Crippen LogP contribution in [0, 0.1) is 0 Å². The lowest BCUT2D eigenvalue weighted by Gasteiger charge is -2.10. The third-order valence-electron chi connectivity index (χ3n) is 2.34. The lowest BCUT2D eigenvalue weighted by atomic mass is 10.1. The first-order valence-corrected chi connectivity index (χ1v) is 4.75. The van der Waals surface area contributed by atoms with E-state index in [0.29, 0.717) is 10.8 Å². The van der Waals surface area contributed by atoms with Gasteiger partial charge < -0.3 is 9.84 Å². The Morgan fingerprint density at radius 1 is 1.54 bits per heavy atom. The van der Waals surface area contributed by atoms with Crippen LogP contribution in [-0.4, -0.2) is 11.2 Å². The van der Waals surface area contributed by atoms with Gasteiger partial charge in [0, 0.05) is 5.56 Å². The molecule has 1 aliphatic heterocycles. The standard InChI is InChI=1S/C10H11ClO2/c1-2-8-9(12)6-4-3-5-7(11)10(6)13-8/h3-5,8-9,12H,2H2,1H3. The summed E-state index contributed by atoms with van der Waals surface area (Å²) < 4.78 is 5.52. The van der Waals surface area contributed by atoms with Crippen LogP contribution in [0.2, 0.25) is 5.02 Å². The second-order valence-corrected chi connectivity index (χ2v) is 3.57. The van der Waals surface area contributed by atoms with Crippen molar-refractivity contribution in [2.24, 2.45) is 0 Å². The Balaban J connectivity index is 2.43. The molecule has 1 heterocycles. The molecular formula is C10H11ClO2. The van der Waals surface area contributed by atoms with Gasteiger partial charge in [-0.05, 0) is 12.5 Å². The van der Waals surface area contributed by atoms with E-state index in [4.69, 9.17) is 16.3 Å². The third-order valence-corrected chi connectivity index (χ3v) is 2.64. The molecule has 0 radical (unpaired) electrons. The van der Waals surface area contributed by atoms with Gasteiger partial charge in [0.25, 0.3) is 0 Å². The van der Waals surface area contributed by atoms with Gasteiger partial charge in [-0.25, -0.2) is 0 Å². The van der Waals surface area contributed by atoms with Gasteiger partial charge in [-0.1, -0.05) is 30.7 Å². The van der Waals surface area contributed by atoms with Crippen molar-refractivity contribution >= 4 is 11.6 Å². The highest BCUT2D eigenvalue weighted by molar-refractivity contribution is 6.32. The van der Waals surface area contributed by atoms with Crippen LogP contribution in [0.3, 0.4) is 0 Å². The molecule has 1 aromatic rings. The number of fused-ring (bicyclic) bond motifs is 1. The van der Waals surface area contributed by atoms with E-state index in [1.807, 2.05) is 19.1 Å². The molecule has 0 saturated carbocycles. The predicted molar refractivity (Wildman–Crippen MR) is 51.1 cm³/mol. The van der Waals surface area contributed by atoms with E-state index >= 15 is 0 Å². The van der Waals surface area contributed by atoms with Gasteiger partial charge in [-0.2, -0.15) is 0 Å². The summed E-state index contributed by atoms with van der Waals surface area (Å²) >= 11 is 5.92. The molecular weight excluding hydrogens is 188 g/mol. The fourth-order valence-electron chi connectivity index (χ4n) is 1.61. The van der Waals surface area contributed by atoms with Crippen molar-refractivity contribution in [1.29, 1.82) is 0 Å². The highest BCUT2D eigenvalue weighted by Crippen LogP contribution is 2.42. The Bertz CT molecular complexity index is 325. The summed E-state index contributed by atoms with van der Waals surface area (Å²) in [6.07, 6.45) is 0.111. The normalized spacial score (nSPS) is 25.5. The second-order valence-electron chi connectivity index (χ2n) is 3.17. The van der Waals surface area contributed by atoms with Crippen LogP contribution < -0.4 is 4.74 Å². The summed E-state index contributed by atoms with van der Waals surface area (Å²) in [6.45, 7) is 1.98. The van der Waals surface area contributed by atoms with E-state index in [1.54, 1.807) is 6.07 Å². The van der Waals surface area contributed by atoms with Crippen LogP contribution in [0.4, 0.5) is 0 Å².